The highest BCUT2D eigenvalue weighted by Gasteiger charge is 2.28. The zero-order chi connectivity index (χ0) is 10.8. The van der Waals surface area contributed by atoms with Crippen LogP contribution in [0, 0.1) is 5.92 Å². The summed E-state index contributed by atoms with van der Waals surface area (Å²) in [6.07, 6.45) is 2.56. The van der Waals surface area contributed by atoms with Gasteiger partial charge in [0, 0.05) is 17.9 Å². The largest absolute Gasteiger partial charge is 0.366 e. The number of nitrogens with two attached hydrogens (primary N) is 1. The van der Waals surface area contributed by atoms with Gasteiger partial charge >= 0.3 is 0 Å². The Bertz CT molecular complexity index is 391. The molecule has 1 fully saturated rings. The first kappa shape index (κ1) is 9.90. The lowest BCUT2D eigenvalue weighted by molar-refractivity contribution is -0.119. The zero-order valence-corrected chi connectivity index (χ0v) is 8.40. The molecular formula is C12H13NO2. The van der Waals surface area contributed by atoms with E-state index in [4.69, 9.17) is 5.73 Å². The third kappa shape index (κ3) is 2.43. The summed E-state index contributed by atoms with van der Waals surface area (Å²) in [6.45, 7) is 0. The van der Waals surface area contributed by atoms with Gasteiger partial charge in [0.1, 0.15) is 5.78 Å². The highest BCUT2D eigenvalue weighted by Crippen LogP contribution is 2.30. The van der Waals surface area contributed by atoms with E-state index >= 15 is 0 Å². The zero-order valence-electron chi connectivity index (χ0n) is 8.40. The third-order valence-corrected chi connectivity index (χ3v) is 2.65. The molecule has 0 radical (unpaired) electrons. The number of ketones is 1. The van der Waals surface area contributed by atoms with E-state index in [0.29, 0.717) is 23.7 Å². The van der Waals surface area contributed by atoms with E-state index in [0.717, 1.165) is 18.4 Å². The normalized spacial score (nSPS) is 14.9. The maximum Gasteiger partial charge on any atom is 0.248 e. The molecule has 3 heteroatoms. The summed E-state index contributed by atoms with van der Waals surface area (Å²) in [6, 6.07) is 6.91. The van der Waals surface area contributed by atoms with Crippen LogP contribution in [0.15, 0.2) is 24.3 Å². The summed E-state index contributed by atoms with van der Waals surface area (Å²) in [5.74, 6) is 0.165. The van der Waals surface area contributed by atoms with Crippen molar-refractivity contribution in [2.45, 2.75) is 19.3 Å². The van der Waals surface area contributed by atoms with E-state index in [9.17, 15) is 9.59 Å². The van der Waals surface area contributed by atoms with Crippen molar-refractivity contribution in [2.75, 3.05) is 0 Å². The topological polar surface area (TPSA) is 60.2 Å². The Morgan fingerprint density at radius 2 is 1.80 bits per heavy atom. The van der Waals surface area contributed by atoms with Crippen molar-refractivity contribution in [3.05, 3.63) is 35.4 Å². The number of carbonyl (C=O) groups excluding carboxylic acids is 2. The lowest BCUT2D eigenvalue weighted by atomic mass is 10.0. The minimum Gasteiger partial charge on any atom is -0.366 e. The van der Waals surface area contributed by atoms with Gasteiger partial charge in [-0.05, 0) is 30.5 Å². The van der Waals surface area contributed by atoms with Gasteiger partial charge in [-0.2, -0.15) is 0 Å². The Kier molecular flexibility index (Phi) is 2.54. The number of benzene rings is 1. The van der Waals surface area contributed by atoms with Crippen LogP contribution in [0.1, 0.15) is 28.8 Å². The molecule has 1 saturated carbocycles. The second-order valence-corrected chi connectivity index (χ2v) is 3.98. The maximum absolute atomic E-state index is 11.5. The van der Waals surface area contributed by atoms with Gasteiger partial charge in [-0.1, -0.05) is 12.1 Å². The van der Waals surface area contributed by atoms with Crippen molar-refractivity contribution < 1.29 is 9.59 Å². The van der Waals surface area contributed by atoms with E-state index in [1.807, 2.05) is 0 Å². The van der Waals surface area contributed by atoms with Gasteiger partial charge in [-0.15, -0.1) is 0 Å². The molecule has 78 valence electrons. The second kappa shape index (κ2) is 3.85. The van der Waals surface area contributed by atoms with Gasteiger partial charge in [0.15, 0.2) is 0 Å². The number of primary amides is 1. The van der Waals surface area contributed by atoms with Gasteiger partial charge in [0.05, 0.1) is 0 Å². The highest BCUT2D eigenvalue weighted by atomic mass is 16.1. The fourth-order valence-electron chi connectivity index (χ4n) is 1.54. The summed E-state index contributed by atoms with van der Waals surface area (Å²) >= 11 is 0. The number of Topliss-reactive ketones (excluding diaryl/α,β-unsaturated/α-hetero) is 1. The van der Waals surface area contributed by atoms with Gasteiger partial charge < -0.3 is 5.73 Å². The fraction of sp³-hybridized carbons (Fsp3) is 0.333. The average Bonchev–Trinajstić information content (AvgIpc) is 3.01. The first-order valence-electron chi connectivity index (χ1n) is 5.08. The van der Waals surface area contributed by atoms with Crippen molar-refractivity contribution in [1.29, 1.82) is 0 Å². The molecule has 0 heterocycles. The van der Waals surface area contributed by atoms with Crippen molar-refractivity contribution in [1.82, 2.24) is 0 Å². The Morgan fingerprint density at radius 1 is 1.20 bits per heavy atom. The van der Waals surface area contributed by atoms with Crippen LogP contribution in [-0.4, -0.2) is 11.7 Å². The Balaban J connectivity index is 2.03. The molecule has 1 amide bonds. The number of carbonyl (C=O) groups is 2. The average molecular weight is 203 g/mol. The Labute approximate surface area is 88.3 Å². The minimum absolute atomic E-state index is 0.292. The van der Waals surface area contributed by atoms with Gasteiger partial charge in [0.25, 0.3) is 0 Å². The second-order valence-electron chi connectivity index (χ2n) is 3.98. The molecule has 1 aromatic carbocycles. The van der Waals surface area contributed by atoms with E-state index in [2.05, 4.69) is 0 Å². The predicted molar refractivity (Wildman–Crippen MR) is 56.4 cm³/mol. The summed E-state index contributed by atoms with van der Waals surface area (Å²) in [7, 11) is 0. The molecule has 0 unspecified atom stereocenters. The smallest absolute Gasteiger partial charge is 0.248 e. The molecule has 1 aromatic rings. The molecule has 2 N–H and O–H groups in total. The molecule has 2 rings (SSSR count). The van der Waals surface area contributed by atoms with E-state index < -0.39 is 5.91 Å². The van der Waals surface area contributed by atoms with E-state index in [-0.39, 0.29) is 0 Å². The third-order valence-electron chi connectivity index (χ3n) is 2.65. The minimum atomic E-state index is -0.435. The van der Waals surface area contributed by atoms with Crippen LogP contribution < -0.4 is 5.73 Å². The number of rotatable bonds is 4. The summed E-state index contributed by atoms with van der Waals surface area (Å²) < 4.78 is 0. The number of hydrogen-bond acceptors (Lipinski definition) is 2. The lowest BCUT2D eigenvalue weighted by Gasteiger charge is -2.00. The molecular weight excluding hydrogens is 190 g/mol. The Morgan fingerprint density at radius 3 is 2.27 bits per heavy atom. The first-order chi connectivity index (χ1) is 7.16. The monoisotopic (exact) mass is 203 g/mol. The van der Waals surface area contributed by atoms with Gasteiger partial charge in [0.2, 0.25) is 5.91 Å². The van der Waals surface area contributed by atoms with Crippen LogP contribution in [0.5, 0.6) is 0 Å². The molecule has 15 heavy (non-hydrogen) atoms. The summed E-state index contributed by atoms with van der Waals surface area (Å²) in [5.41, 5.74) is 6.56. The molecule has 0 spiro atoms. The van der Waals surface area contributed by atoms with Crippen molar-refractivity contribution in [3.8, 4) is 0 Å². The van der Waals surface area contributed by atoms with Crippen LogP contribution in [0.3, 0.4) is 0 Å². The van der Waals surface area contributed by atoms with Gasteiger partial charge in [-0.25, -0.2) is 0 Å². The quantitative estimate of drug-likeness (QED) is 0.801. The molecule has 0 saturated heterocycles. The first-order valence-corrected chi connectivity index (χ1v) is 5.08. The Hall–Kier alpha value is -1.64. The highest BCUT2D eigenvalue weighted by molar-refractivity contribution is 5.93. The SMILES string of the molecule is NC(=O)c1ccc(CC(=O)C2CC2)cc1. The lowest BCUT2D eigenvalue weighted by Crippen LogP contribution is -2.11. The van der Waals surface area contributed by atoms with Crippen LogP contribution >= 0.6 is 0 Å². The van der Waals surface area contributed by atoms with Crippen molar-refractivity contribution in [2.24, 2.45) is 11.7 Å². The molecule has 1 aliphatic rings. The van der Waals surface area contributed by atoms with Crippen LogP contribution in [0.2, 0.25) is 0 Å². The molecule has 3 nitrogen and oxygen atoms in total. The van der Waals surface area contributed by atoms with E-state index in [1.54, 1.807) is 24.3 Å². The van der Waals surface area contributed by atoms with Crippen LogP contribution in [-0.2, 0) is 11.2 Å². The number of amides is 1. The molecule has 0 bridgehead atoms. The predicted octanol–water partition coefficient (Wildman–Crippen LogP) is 1.31. The van der Waals surface area contributed by atoms with Crippen molar-refractivity contribution >= 4 is 11.7 Å². The summed E-state index contributed by atoms with van der Waals surface area (Å²) in [4.78, 5) is 22.3. The molecule has 0 atom stereocenters. The summed E-state index contributed by atoms with van der Waals surface area (Å²) in [5, 5.41) is 0. The van der Waals surface area contributed by atoms with E-state index in [1.165, 1.54) is 0 Å². The van der Waals surface area contributed by atoms with Crippen LogP contribution in [0.4, 0.5) is 0 Å². The molecule has 0 aliphatic heterocycles. The number of hydrogen-bond donors (Lipinski definition) is 1. The molecule has 1 aliphatic carbocycles. The van der Waals surface area contributed by atoms with Crippen LogP contribution in [0.25, 0.3) is 0 Å². The molecule has 0 aromatic heterocycles. The van der Waals surface area contributed by atoms with Crippen molar-refractivity contribution in [3.63, 3.8) is 0 Å². The maximum atomic E-state index is 11.5. The standard InChI is InChI=1S/C12H13NO2/c13-12(15)10-3-1-8(2-4-10)7-11(14)9-5-6-9/h1-4,9H,5-7H2,(H2,13,15). The fourth-order valence-corrected chi connectivity index (χ4v) is 1.54. The van der Waals surface area contributed by atoms with Gasteiger partial charge in [-0.3, -0.25) is 9.59 Å².